The Balaban J connectivity index is 2.77. The highest BCUT2D eigenvalue weighted by Gasteiger charge is 1.99. The Morgan fingerprint density at radius 3 is 2.76 bits per heavy atom. The predicted molar refractivity (Wildman–Crippen MR) is 76.6 cm³/mol. The van der Waals surface area contributed by atoms with Crippen LogP contribution in [0.3, 0.4) is 0 Å². The molecule has 1 rings (SSSR count). The Kier molecular flexibility index (Phi) is 6.02. The smallest absolute Gasteiger partial charge is 0.0443 e. The largest absolute Gasteiger partial charge is 0.265 e. The second-order valence-electron chi connectivity index (χ2n) is 4.10. The number of allylic oxidation sites excluding steroid dienone is 3. The van der Waals surface area contributed by atoms with Gasteiger partial charge in [0.1, 0.15) is 0 Å². The number of rotatable bonds is 6. The van der Waals surface area contributed by atoms with Gasteiger partial charge in [-0.1, -0.05) is 50.3 Å². The molecule has 0 aliphatic heterocycles. The molecule has 0 aliphatic rings. The third kappa shape index (κ3) is 4.81. The van der Waals surface area contributed by atoms with E-state index in [2.05, 4.69) is 49.7 Å². The highest BCUT2D eigenvalue weighted by Crippen LogP contribution is 2.13. The number of aryl methyl sites for hydroxylation is 1. The fraction of sp³-hybridized carbons (Fsp3) is 0.312. The average molecular weight is 227 g/mol. The van der Waals surface area contributed by atoms with Crippen molar-refractivity contribution in [3.8, 4) is 0 Å². The summed E-state index contributed by atoms with van der Waals surface area (Å²) in [7, 11) is 0. The Labute approximate surface area is 105 Å². The molecule has 0 radical (unpaired) electrons. The van der Waals surface area contributed by atoms with Gasteiger partial charge in [0.15, 0.2) is 0 Å². The van der Waals surface area contributed by atoms with E-state index in [-0.39, 0.29) is 0 Å². The number of unbranched alkanes of at least 4 members (excludes halogenated alkanes) is 1. The first-order valence-electron chi connectivity index (χ1n) is 6.16. The molecule has 0 atom stereocenters. The maximum atomic E-state index is 4.50. The van der Waals surface area contributed by atoms with Gasteiger partial charge in [-0.05, 0) is 30.5 Å². The summed E-state index contributed by atoms with van der Waals surface area (Å²) in [6.07, 6.45) is 8.82. The molecule has 1 nitrogen and oxygen atoms in total. The van der Waals surface area contributed by atoms with Crippen LogP contribution in [0.2, 0.25) is 0 Å². The molecule has 90 valence electrons. The van der Waals surface area contributed by atoms with Gasteiger partial charge in [0, 0.05) is 18.3 Å². The van der Waals surface area contributed by atoms with Crippen molar-refractivity contribution >= 4 is 6.21 Å². The fourth-order valence-electron chi connectivity index (χ4n) is 1.60. The summed E-state index contributed by atoms with van der Waals surface area (Å²) in [5, 5.41) is 0. The summed E-state index contributed by atoms with van der Waals surface area (Å²) in [5.74, 6) is 0. The SMILES string of the molecule is C=C/C=C(\Cc1ccccc1C)N=CCCC. The van der Waals surface area contributed by atoms with Crippen molar-refractivity contribution in [1.29, 1.82) is 0 Å². The molecule has 0 spiro atoms. The van der Waals surface area contributed by atoms with E-state index in [9.17, 15) is 0 Å². The Morgan fingerprint density at radius 2 is 2.12 bits per heavy atom. The Morgan fingerprint density at radius 1 is 1.35 bits per heavy atom. The minimum absolute atomic E-state index is 0.874. The van der Waals surface area contributed by atoms with E-state index in [4.69, 9.17) is 0 Å². The van der Waals surface area contributed by atoms with Crippen LogP contribution in [0.5, 0.6) is 0 Å². The van der Waals surface area contributed by atoms with E-state index >= 15 is 0 Å². The molecule has 0 fully saturated rings. The van der Waals surface area contributed by atoms with Gasteiger partial charge in [0.25, 0.3) is 0 Å². The van der Waals surface area contributed by atoms with Gasteiger partial charge in [-0.25, -0.2) is 0 Å². The topological polar surface area (TPSA) is 12.4 Å². The van der Waals surface area contributed by atoms with Gasteiger partial charge in [-0.3, -0.25) is 4.99 Å². The maximum absolute atomic E-state index is 4.50. The predicted octanol–water partition coefficient (Wildman–Crippen LogP) is 4.48. The molecule has 0 amide bonds. The van der Waals surface area contributed by atoms with Crippen molar-refractivity contribution in [2.75, 3.05) is 0 Å². The lowest BCUT2D eigenvalue weighted by atomic mass is 10.0. The number of aliphatic imine (C=N–C) groups is 1. The molecule has 0 unspecified atom stereocenters. The summed E-state index contributed by atoms with van der Waals surface area (Å²) < 4.78 is 0. The third-order valence-corrected chi connectivity index (χ3v) is 2.62. The zero-order valence-electron chi connectivity index (χ0n) is 10.8. The molecule has 1 aromatic rings. The van der Waals surface area contributed by atoms with Crippen molar-refractivity contribution in [2.45, 2.75) is 33.1 Å². The average Bonchev–Trinajstić information content (AvgIpc) is 2.32. The zero-order valence-corrected chi connectivity index (χ0v) is 10.8. The van der Waals surface area contributed by atoms with Crippen molar-refractivity contribution in [3.05, 3.63) is 59.8 Å². The highest BCUT2D eigenvalue weighted by molar-refractivity contribution is 5.59. The lowest BCUT2D eigenvalue weighted by Gasteiger charge is -2.05. The van der Waals surface area contributed by atoms with Crippen molar-refractivity contribution in [2.24, 2.45) is 4.99 Å². The summed E-state index contributed by atoms with van der Waals surface area (Å²) in [6, 6.07) is 8.43. The van der Waals surface area contributed by atoms with Crippen LogP contribution < -0.4 is 0 Å². The van der Waals surface area contributed by atoms with Crippen LogP contribution in [0, 0.1) is 6.92 Å². The quantitative estimate of drug-likeness (QED) is 0.502. The number of nitrogens with zero attached hydrogens (tertiary/aromatic N) is 1. The Bertz CT molecular complexity index is 413. The van der Waals surface area contributed by atoms with E-state index in [0.717, 1.165) is 25.0 Å². The number of hydrogen-bond acceptors (Lipinski definition) is 1. The number of hydrogen-bond donors (Lipinski definition) is 0. The van der Waals surface area contributed by atoms with E-state index in [0.29, 0.717) is 0 Å². The normalized spacial score (nSPS) is 12.0. The van der Waals surface area contributed by atoms with Crippen LogP contribution in [0.25, 0.3) is 0 Å². The van der Waals surface area contributed by atoms with Gasteiger partial charge in [0.2, 0.25) is 0 Å². The minimum atomic E-state index is 0.874. The molecule has 0 aliphatic carbocycles. The van der Waals surface area contributed by atoms with Gasteiger partial charge in [-0.2, -0.15) is 0 Å². The molecule has 0 bridgehead atoms. The molecule has 1 heteroatoms. The van der Waals surface area contributed by atoms with Crippen LogP contribution in [0.4, 0.5) is 0 Å². The maximum Gasteiger partial charge on any atom is 0.0443 e. The standard InChI is InChI=1S/C16H21N/c1-4-6-12-17-16(9-5-2)13-15-11-8-7-10-14(15)3/h5,7-12H,2,4,6,13H2,1,3H3/b16-9+,17-12?. The van der Waals surface area contributed by atoms with E-state index < -0.39 is 0 Å². The molecule has 1 aromatic carbocycles. The first-order valence-corrected chi connectivity index (χ1v) is 6.16. The summed E-state index contributed by atoms with van der Waals surface area (Å²) in [4.78, 5) is 4.50. The van der Waals surface area contributed by atoms with E-state index in [1.807, 2.05) is 12.3 Å². The van der Waals surface area contributed by atoms with Gasteiger partial charge >= 0.3 is 0 Å². The van der Waals surface area contributed by atoms with Crippen molar-refractivity contribution < 1.29 is 0 Å². The zero-order chi connectivity index (χ0) is 12.5. The van der Waals surface area contributed by atoms with Gasteiger partial charge < -0.3 is 0 Å². The summed E-state index contributed by atoms with van der Waals surface area (Å²) in [6.45, 7) is 8.04. The first-order chi connectivity index (χ1) is 8.27. The molecule has 0 aromatic heterocycles. The summed E-state index contributed by atoms with van der Waals surface area (Å²) >= 11 is 0. The second kappa shape index (κ2) is 7.61. The van der Waals surface area contributed by atoms with Crippen LogP contribution in [-0.4, -0.2) is 6.21 Å². The molecule has 0 heterocycles. The molecular formula is C16H21N. The highest BCUT2D eigenvalue weighted by atomic mass is 14.7. The van der Waals surface area contributed by atoms with Crippen molar-refractivity contribution in [3.63, 3.8) is 0 Å². The molecule has 0 N–H and O–H groups in total. The van der Waals surface area contributed by atoms with Crippen LogP contribution in [0.1, 0.15) is 30.9 Å². The van der Waals surface area contributed by atoms with E-state index in [1.54, 1.807) is 6.08 Å². The molecular weight excluding hydrogens is 206 g/mol. The molecule has 0 saturated heterocycles. The van der Waals surface area contributed by atoms with Crippen molar-refractivity contribution in [1.82, 2.24) is 0 Å². The minimum Gasteiger partial charge on any atom is -0.265 e. The van der Waals surface area contributed by atoms with Crippen LogP contribution >= 0.6 is 0 Å². The molecule has 0 saturated carbocycles. The Hall–Kier alpha value is -1.63. The molecule has 17 heavy (non-hydrogen) atoms. The lowest BCUT2D eigenvalue weighted by Crippen LogP contribution is -1.92. The van der Waals surface area contributed by atoms with Crippen LogP contribution in [0.15, 0.2) is 53.7 Å². The lowest BCUT2D eigenvalue weighted by molar-refractivity contribution is 0.998. The fourth-order valence-corrected chi connectivity index (χ4v) is 1.60. The summed E-state index contributed by atoms with van der Waals surface area (Å²) in [5.41, 5.74) is 3.71. The van der Waals surface area contributed by atoms with Gasteiger partial charge in [0.05, 0.1) is 0 Å². The van der Waals surface area contributed by atoms with Crippen LogP contribution in [-0.2, 0) is 6.42 Å². The third-order valence-electron chi connectivity index (χ3n) is 2.62. The van der Waals surface area contributed by atoms with E-state index in [1.165, 1.54) is 11.1 Å². The number of benzene rings is 1. The first kappa shape index (κ1) is 13.4. The van der Waals surface area contributed by atoms with Gasteiger partial charge in [-0.15, -0.1) is 0 Å². The second-order valence-corrected chi connectivity index (χ2v) is 4.10. The monoisotopic (exact) mass is 227 g/mol.